The number of carbonyl (C=O) groups is 2. The second-order valence-corrected chi connectivity index (χ2v) is 4.56. The average Bonchev–Trinajstić information content (AvgIpc) is 2.84. The SMILES string of the molecule is CC(C)CC(CNC(=O)NCc1nn[nH]n1)C(=O)O. The molecule has 0 saturated heterocycles. The molecule has 19 heavy (non-hydrogen) atoms. The molecule has 4 N–H and O–H groups in total. The van der Waals surface area contributed by atoms with Gasteiger partial charge in [-0.1, -0.05) is 19.1 Å². The number of carboxylic acids is 1. The predicted octanol–water partition coefficient (Wildman–Crippen LogP) is -0.254. The first-order valence-corrected chi connectivity index (χ1v) is 5.96. The minimum Gasteiger partial charge on any atom is -0.481 e. The third-order valence-corrected chi connectivity index (χ3v) is 2.41. The van der Waals surface area contributed by atoms with Gasteiger partial charge in [0.2, 0.25) is 0 Å². The summed E-state index contributed by atoms with van der Waals surface area (Å²) in [5.41, 5.74) is 0. The second-order valence-electron chi connectivity index (χ2n) is 4.56. The molecule has 0 bridgehead atoms. The Morgan fingerprint density at radius 3 is 2.63 bits per heavy atom. The lowest BCUT2D eigenvalue weighted by molar-refractivity contribution is -0.142. The maximum Gasteiger partial charge on any atom is 0.315 e. The molecular weight excluding hydrogens is 252 g/mol. The topological polar surface area (TPSA) is 133 Å². The Kier molecular flexibility index (Phi) is 5.71. The number of hydrogen-bond donors (Lipinski definition) is 4. The largest absolute Gasteiger partial charge is 0.481 e. The smallest absolute Gasteiger partial charge is 0.315 e. The molecule has 9 heteroatoms. The van der Waals surface area contributed by atoms with Crippen molar-refractivity contribution in [3.8, 4) is 0 Å². The number of nitrogens with one attached hydrogen (secondary N) is 3. The van der Waals surface area contributed by atoms with Crippen LogP contribution in [0.1, 0.15) is 26.1 Å². The van der Waals surface area contributed by atoms with Crippen LogP contribution >= 0.6 is 0 Å². The lowest BCUT2D eigenvalue weighted by Gasteiger charge is -2.15. The summed E-state index contributed by atoms with van der Waals surface area (Å²) in [5, 5.41) is 27.0. The fraction of sp³-hybridized carbons (Fsp3) is 0.700. The van der Waals surface area contributed by atoms with E-state index in [0.717, 1.165) is 0 Å². The fourth-order valence-corrected chi connectivity index (χ4v) is 1.54. The van der Waals surface area contributed by atoms with Gasteiger partial charge in [-0.25, -0.2) is 4.79 Å². The number of nitrogens with zero attached hydrogens (tertiary/aromatic N) is 3. The van der Waals surface area contributed by atoms with Gasteiger partial charge in [-0.15, -0.1) is 10.2 Å². The molecule has 1 atom stereocenters. The van der Waals surface area contributed by atoms with Crippen molar-refractivity contribution in [2.75, 3.05) is 6.54 Å². The molecule has 1 rings (SSSR count). The van der Waals surface area contributed by atoms with Crippen LogP contribution in [0.4, 0.5) is 4.79 Å². The molecule has 0 aromatic carbocycles. The molecule has 1 aromatic heterocycles. The minimum atomic E-state index is -0.910. The standard InChI is InChI=1S/C10H18N6O3/c1-6(2)3-7(9(17)18)4-11-10(19)12-5-8-13-15-16-14-8/h6-7H,3-5H2,1-2H3,(H,17,18)(H2,11,12,19)(H,13,14,15,16). The lowest BCUT2D eigenvalue weighted by Crippen LogP contribution is -2.40. The Bertz CT molecular complexity index is 405. The first-order valence-electron chi connectivity index (χ1n) is 5.96. The van der Waals surface area contributed by atoms with Crippen molar-refractivity contribution in [1.82, 2.24) is 31.3 Å². The third-order valence-electron chi connectivity index (χ3n) is 2.41. The van der Waals surface area contributed by atoms with Crippen LogP contribution in [0.2, 0.25) is 0 Å². The Hall–Kier alpha value is -2.19. The summed E-state index contributed by atoms with van der Waals surface area (Å²) in [4.78, 5) is 22.4. The molecule has 1 aromatic rings. The zero-order chi connectivity index (χ0) is 14.3. The number of hydrogen-bond acceptors (Lipinski definition) is 5. The fourth-order valence-electron chi connectivity index (χ4n) is 1.54. The molecule has 1 heterocycles. The van der Waals surface area contributed by atoms with Crippen LogP contribution in [0, 0.1) is 11.8 Å². The lowest BCUT2D eigenvalue weighted by atomic mass is 9.97. The van der Waals surface area contributed by atoms with Gasteiger partial charge in [0.05, 0.1) is 12.5 Å². The Morgan fingerprint density at radius 2 is 2.11 bits per heavy atom. The Labute approximate surface area is 110 Å². The number of amides is 2. The van der Waals surface area contributed by atoms with Crippen molar-refractivity contribution < 1.29 is 14.7 Å². The number of rotatable bonds is 7. The van der Waals surface area contributed by atoms with Gasteiger partial charge in [-0.2, -0.15) is 5.21 Å². The van der Waals surface area contributed by atoms with Crippen LogP contribution in [0.15, 0.2) is 0 Å². The number of aromatic amines is 1. The van der Waals surface area contributed by atoms with E-state index in [1.165, 1.54) is 0 Å². The van der Waals surface area contributed by atoms with E-state index in [1.807, 2.05) is 13.8 Å². The van der Waals surface area contributed by atoms with Gasteiger partial charge < -0.3 is 15.7 Å². The number of H-pyrrole nitrogens is 1. The zero-order valence-corrected chi connectivity index (χ0v) is 10.9. The molecule has 0 radical (unpaired) electrons. The molecule has 2 amide bonds. The highest BCUT2D eigenvalue weighted by Crippen LogP contribution is 2.10. The summed E-state index contributed by atoms with van der Waals surface area (Å²) in [6, 6.07) is -0.459. The molecule has 0 aliphatic rings. The first-order chi connectivity index (χ1) is 8.99. The van der Waals surface area contributed by atoms with E-state index in [1.54, 1.807) is 0 Å². The van der Waals surface area contributed by atoms with E-state index in [4.69, 9.17) is 5.11 Å². The zero-order valence-electron chi connectivity index (χ0n) is 10.9. The molecule has 0 aliphatic carbocycles. The summed E-state index contributed by atoms with van der Waals surface area (Å²) in [5.74, 6) is -0.888. The van der Waals surface area contributed by atoms with Crippen LogP contribution in [-0.2, 0) is 11.3 Å². The minimum absolute atomic E-state index is 0.0889. The van der Waals surface area contributed by atoms with Crippen LogP contribution < -0.4 is 10.6 Å². The molecule has 9 nitrogen and oxygen atoms in total. The van der Waals surface area contributed by atoms with Gasteiger partial charge in [-0.05, 0) is 12.3 Å². The van der Waals surface area contributed by atoms with Crippen molar-refractivity contribution in [2.45, 2.75) is 26.8 Å². The summed E-state index contributed by atoms with van der Waals surface area (Å²) in [6.45, 7) is 4.09. The second kappa shape index (κ2) is 7.29. The maximum atomic E-state index is 11.4. The van der Waals surface area contributed by atoms with E-state index in [-0.39, 0.29) is 19.0 Å². The number of tetrazole rings is 1. The van der Waals surface area contributed by atoms with Gasteiger partial charge in [0.15, 0.2) is 5.82 Å². The third kappa shape index (κ3) is 5.80. The van der Waals surface area contributed by atoms with Crippen molar-refractivity contribution >= 4 is 12.0 Å². The van der Waals surface area contributed by atoms with Gasteiger partial charge >= 0.3 is 12.0 Å². The monoisotopic (exact) mass is 270 g/mol. The summed E-state index contributed by atoms with van der Waals surface area (Å²) < 4.78 is 0. The Balaban J connectivity index is 2.29. The van der Waals surface area contributed by atoms with Gasteiger partial charge in [-0.3, -0.25) is 4.79 Å². The van der Waals surface area contributed by atoms with E-state index in [9.17, 15) is 9.59 Å². The normalized spacial score (nSPS) is 12.2. The van der Waals surface area contributed by atoms with Crippen LogP contribution in [0.25, 0.3) is 0 Å². The van der Waals surface area contributed by atoms with Crippen molar-refractivity contribution in [3.05, 3.63) is 5.82 Å². The molecule has 106 valence electrons. The number of aromatic nitrogens is 4. The van der Waals surface area contributed by atoms with Crippen LogP contribution in [0.3, 0.4) is 0 Å². The predicted molar refractivity (Wildman–Crippen MR) is 65.0 cm³/mol. The average molecular weight is 270 g/mol. The number of urea groups is 1. The molecular formula is C10H18N6O3. The summed E-state index contributed by atoms with van der Waals surface area (Å²) in [7, 11) is 0. The molecule has 0 spiro atoms. The van der Waals surface area contributed by atoms with E-state index in [2.05, 4.69) is 31.3 Å². The number of carboxylic acid groups (broad SMARTS) is 1. The van der Waals surface area contributed by atoms with Crippen LogP contribution in [-0.4, -0.2) is 44.3 Å². The summed E-state index contributed by atoms with van der Waals surface area (Å²) in [6.07, 6.45) is 0.514. The number of carbonyl (C=O) groups excluding carboxylic acids is 1. The highest BCUT2D eigenvalue weighted by atomic mass is 16.4. The first kappa shape index (κ1) is 14.9. The van der Waals surface area contributed by atoms with Gasteiger partial charge in [0.1, 0.15) is 0 Å². The molecule has 0 fully saturated rings. The van der Waals surface area contributed by atoms with Gasteiger partial charge in [0, 0.05) is 6.54 Å². The molecule has 0 saturated carbocycles. The maximum absolute atomic E-state index is 11.4. The van der Waals surface area contributed by atoms with Gasteiger partial charge in [0.25, 0.3) is 0 Å². The number of aliphatic carboxylic acids is 1. The summed E-state index contributed by atoms with van der Waals surface area (Å²) >= 11 is 0. The van der Waals surface area contributed by atoms with E-state index >= 15 is 0 Å². The quantitative estimate of drug-likeness (QED) is 0.539. The van der Waals surface area contributed by atoms with Crippen molar-refractivity contribution in [2.24, 2.45) is 11.8 Å². The van der Waals surface area contributed by atoms with E-state index in [0.29, 0.717) is 12.2 Å². The highest BCUT2D eigenvalue weighted by Gasteiger charge is 2.19. The van der Waals surface area contributed by atoms with Crippen molar-refractivity contribution in [1.29, 1.82) is 0 Å². The molecule has 1 unspecified atom stereocenters. The molecule has 0 aliphatic heterocycles. The van der Waals surface area contributed by atoms with Crippen molar-refractivity contribution in [3.63, 3.8) is 0 Å². The highest BCUT2D eigenvalue weighted by molar-refractivity contribution is 5.75. The Morgan fingerprint density at radius 1 is 1.37 bits per heavy atom. The van der Waals surface area contributed by atoms with Crippen LogP contribution in [0.5, 0.6) is 0 Å². The van der Waals surface area contributed by atoms with E-state index < -0.39 is 17.9 Å².